The smallest absolute Gasteiger partial charge is 0.257 e. The van der Waals surface area contributed by atoms with Crippen molar-refractivity contribution < 1.29 is 13.9 Å². The van der Waals surface area contributed by atoms with Gasteiger partial charge in [0.25, 0.3) is 5.91 Å². The van der Waals surface area contributed by atoms with Gasteiger partial charge in [-0.1, -0.05) is 19.1 Å². The summed E-state index contributed by atoms with van der Waals surface area (Å²) in [4.78, 5) is 23.8. The molecular formula is C20H23N3O3S. The maximum absolute atomic E-state index is 13.2. The van der Waals surface area contributed by atoms with Crippen LogP contribution in [0.4, 0.5) is 0 Å². The van der Waals surface area contributed by atoms with E-state index in [9.17, 15) is 4.79 Å². The lowest BCUT2D eigenvalue weighted by atomic mass is 10.2. The van der Waals surface area contributed by atoms with Gasteiger partial charge in [0.15, 0.2) is 5.58 Å². The van der Waals surface area contributed by atoms with Gasteiger partial charge in [-0.25, -0.2) is 9.97 Å². The van der Waals surface area contributed by atoms with Crippen molar-refractivity contribution in [3.63, 3.8) is 0 Å². The molecule has 3 aromatic rings. The number of fused-ring (bicyclic) bond motifs is 1. The highest BCUT2D eigenvalue weighted by Gasteiger charge is 2.22. The molecule has 3 rings (SSSR count). The summed E-state index contributed by atoms with van der Waals surface area (Å²) >= 11 is 1.60. The minimum absolute atomic E-state index is 0.0963. The number of oxazole rings is 1. The van der Waals surface area contributed by atoms with E-state index in [-0.39, 0.29) is 12.5 Å². The van der Waals surface area contributed by atoms with Crippen LogP contribution in [0.25, 0.3) is 11.1 Å². The molecule has 0 unspecified atom stereocenters. The number of carbonyl (C=O) groups excluding carboxylic acids is 1. The van der Waals surface area contributed by atoms with Crippen LogP contribution in [-0.4, -0.2) is 46.8 Å². The second-order valence-electron chi connectivity index (χ2n) is 6.00. The van der Waals surface area contributed by atoms with Crippen molar-refractivity contribution in [2.75, 3.05) is 26.0 Å². The summed E-state index contributed by atoms with van der Waals surface area (Å²) in [6.45, 7) is 3.27. The van der Waals surface area contributed by atoms with E-state index >= 15 is 0 Å². The lowest BCUT2D eigenvalue weighted by molar-refractivity contribution is 0.0659. The first-order chi connectivity index (χ1) is 13.2. The molecule has 0 aliphatic rings. The van der Waals surface area contributed by atoms with Gasteiger partial charge in [0.1, 0.15) is 10.5 Å². The Morgan fingerprint density at radius 2 is 2.11 bits per heavy atom. The van der Waals surface area contributed by atoms with Gasteiger partial charge < -0.3 is 14.1 Å². The number of carbonyl (C=O) groups is 1. The topological polar surface area (TPSA) is 68.5 Å². The molecule has 0 saturated carbocycles. The van der Waals surface area contributed by atoms with Crippen LogP contribution in [-0.2, 0) is 11.3 Å². The molecule has 0 atom stereocenters. The van der Waals surface area contributed by atoms with E-state index in [1.165, 1.54) is 0 Å². The highest BCUT2D eigenvalue weighted by molar-refractivity contribution is 7.99. The highest BCUT2D eigenvalue weighted by Crippen LogP contribution is 2.23. The molecule has 2 aromatic heterocycles. The molecule has 0 aliphatic heterocycles. The Morgan fingerprint density at radius 1 is 1.26 bits per heavy atom. The van der Waals surface area contributed by atoms with Crippen molar-refractivity contribution in [1.29, 1.82) is 0 Å². The first-order valence-electron chi connectivity index (χ1n) is 8.93. The van der Waals surface area contributed by atoms with E-state index in [4.69, 9.17) is 9.15 Å². The Balaban J connectivity index is 1.84. The summed E-state index contributed by atoms with van der Waals surface area (Å²) in [7, 11) is 1.62. The minimum Gasteiger partial charge on any atom is -0.439 e. The van der Waals surface area contributed by atoms with Crippen LogP contribution in [0, 0.1) is 0 Å². The maximum atomic E-state index is 13.2. The third kappa shape index (κ3) is 4.87. The summed E-state index contributed by atoms with van der Waals surface area (Å²) in [5, 5.41) is 0.754. The fraction of sp³-hybridized carbons (Fsp3) is 0.350. The Bertz CT molecular complexity index is 864. The molecule has 1 amide bonds. The number of hydrogen-bond donors (Lipinski definition) is 0. The van der Waals surface area contributed by atoms with Gasteiger partial charge in [0.05, 0.1) is 18.7 Å². The molecule has 1 aromatic carbocycles. The van der Waals surface area contributed by atoms with Crippen molar-refractivity contribution in [2.24, 2.45) is 0 Å². The number of methoxy groups -OCH3 is 1. The second kappa shape index (κ2) is 9.53. The average molecular weight is 385 g/mol. The van der Waals surface area contributed by atoms with Crippen molar-refractivity contribution in [2.45, 2.75) is 24.9 Å². The summed E-state index contributed by atoms with van der Waals surface area (Å²) < 4.78 is 11.0. The molecule has 7 heteroatoms. The predicted molar refractivity (Wildman–Crippen MR) is 106 cm³/mol. The number of aromatic nitrogens is 2. The lowest BCUT2D eigenvalue weighted by Crippen LogP contribution is -2.34. The summed E-state index contributed by atoms with van der Waals surface area (Å²) in [6.07, 6.45) is 2.74. The Hall–Kier alpha value is -2.38. The van der Waals surface area contributed by atoms with E-state index < -0.39 is 0 Å². The van der Waals surface area contributed by atoms with Crippen LogP contribution in [0.1, 0.15) is 29.6 Å². The van der Waals surface area contributed by atoms with Gasteiger partial charge in [-0.2, -0.15) is 0 Å². The molecule has 142 valence electrons. The van der Waals surface area contributed by atoms with Gasteiger partial charge in [0.2, 0.25) is 5.89 Å². The van der Waals surface area contributed by atoms with E-state index in [0.717, 1.165) is 22.7 Å². The van der Waals surface area contributed by atoms with Crippen LogP contribution >= 0.6 is 11.8 Å². The summed E-state index contributed by atoms with van der Waals surface area (Å²) in [6, 6.07) is 11.2. The number of ether oxygens (including phenoxy) is 1. The molecule has 27 heavy (non-hydrogen) atoms. The van der Waals surface area contributed by atoms with E-state index in [1.807, 2.05) is 30.3 Å². The molecular weight excluding hydrogens is 362 g/mol. The first-order valence-corrected chi connectivity index (χ1v) is 9.92. The normalized spacial score (nSPS) is 11.0. The Kier molecular flexibility index (Phi) is 6.84. The van der Waals surface area contributed by atoms with E-state index in [1.54, 1.807) is 36.0 Å². The van der Waals surface area contributed by atoms with Gasteiger partial charge in [-0.3, -0.25) is 4.79 Å². The van der Waals surface area contributed by atoms with Crippen molar-refractivity contribution in [3.05, 3.63) is 54.0 Å². The number of benzene rings is 1. The summed E-state index contributed by atoms with van der Waals surface area (Å²) in [5.74, 6) is 1.33. The summed E-state index contributed by atoms with van der Waals surface area (Å²) in [5.41, 5.74) is 2.10. The Morgan fingerprint density at radius 3 is 2.89 bits per heavy atom. The monoisotopic (exact) mass is 385 g/mol. The fourth-order valence-corrected chi connectivity index (χ4v) is 3.49. The van der Waals surface area contributed by atoms with Crippen LogP contribution in [0.3, 0.4) is 0 Å². The number of hydrogen-bond acceptors (Lipinski definition) is 6. The van der Waals surface area contributed by atoms with Gasteiger partial charge in [0, 0.05) is 19.9 Å². The molecule has 0 fully saturated rings. The molecule has 0 spiro atoms. The predicted octanol–water partition coefficient (Wildman–Crippen LogP) is 4.01. The molecule has 0 N–H and O–H groups in total. The molecule has 6 nitrogen and oxygen atoms in total. The Labute approximate surface area is 162 Å². The fourth-order valence-electron chi connectivity index (χ4n) is 2.64. The first kappa shape index (κ1) is 19.4. The molecule has 0 saturated heterocycles. The lowest BCUT2D eigenvalue weighted by Gasteiger charge is -2.21. The molecule has 0 radical (unpaired) electrons. The number of rotatable bonds is 9. The number of thioether (sulfide) groups is 1. The third-order valence-corrected chi connectivity index (χ3v) is 5.17. The van der Waals surface area contributed by atoms with Crippen molar-refractivity contribution in [3.8, 4) is 0 Å². The quantitative estimate of drug-likeness (QED) is 0.518. The largest absolute Gasteiger partial charge is 0.439 e. The van der Waals surface area contributed by atoms with Gasteiger partial charge in [-0.15, -0.1) is 11.8 Å². The van der Waals surface area contributed by atoms with Crippen LogP contribution in [0.2, 0.25) is 0 Å². The van der Waals surface area contributed by atoms with Gasteiger partial charge >= 0.3 is 0 Å². The molecule has 0 aliphatic carbocycles. The molecule has 0 bridgehead atoms. The van der Waals surface area contributed by atoms with Crippen molar-refractivity contribution >= 4 is 28.8 Å². The van der Waals surface area contributed by atoms with Crippen LogP contribution in [0.5, 0.6) is 0 Å². The SMILES string of the molecule is CCCSc1ncccc1C(=O)N(CCOC)Cc1nc2ccccc2o1. The maximum Gasteiger partial charge on any atom is 0.257 e. The zero-order valence-corrected chi connectivity index (χ0v) is 16.4. The zero-order chi connectivity index (χ0) is 19.1. The standard InChI is InChI=1S/C20H23N3O3S/c1-3-13-27-19-15(7-6-10-21-19)20(24)23(11-12-25-2)14-18-22-16-8-4-5-9-17(16)26-18/h4-10H,3,11-14H2,1-2H3. The number of amides is 1. The minimum atomic E-state index is -0.0963. The molecule has 2 heterocycles. The average Bonchev–Trinajstić information content (AvgIpc) is 3.11. The number of nitrogens with zero attached hydrogens (tertiary/aromatic N) is 3. The highest BCUT2D eigenvalue weighted by atomic mass is 32.2. The second-order valence-corrected chi connectivity index (χ2v) is 7.08. The van der Waals surface area contributed by atoms with Crippen LogP contribution in [0.15, 0.2) is 52.0 Å². The van der Waals surface area contributed by atoms with Crippen molar-refractivity contribution in [1.82, 2.24) is 14.9 Å². The number of pyridine rings is 1. The number of para-hydroxylation sites is 2. The van der Waals surface area contributed by atoms with E-state index in [2.05, 4.69) is 16.9 Å². The van der Waals surface area contributed by atoms with Gasteiger partial charge in [-0.05, 0) is 36.4 Å². The zero-order valence-electron chi connectivity index (χ0n) is 15.6. The van der Waals surface area contributed by atoms with Crippen LogP contribution < -0.4 is 0 Å². The third-order valence-electron chi connectivity index (χ3n) is 3.96. The van der Waals surface area contributed by atoms with E-state index in [0.29, 0.717) is 30.2 Å².